The molecule has 0 fully saturated rings. The first-order chi connectivity index (χ1) is 12.3. The molecule has 0 unspecified atom stereocenters. The number of anilines is 1. The minimum Gasteiger partial charge on any atom is -0.449 e. The van der Waals surface area contributed by atoms with Crippen LogP contribution in [-0.2, 0) is 9.53 Å². The standard InChI is InChI=1S/C18H16N2O6/c1-11(21)14-4-3-5-15(10-14)19-17(22)12(2)26-18(23)13-6-8-16(9-7-13)20(24)25/h3-10,12H,1-2H3,(H,19,22)/t12-/m1/s1. The third-order valence-corrected chi connectivity index (χ3v) is 3.50. The SMILES string of the molecule is CC(=O)c1cccc(NC(=O)[C@@H](C)OC(=O)c2ccc([N+](=O)[O-])cc2)c1. The van der Waals surface area contributed by atoms with Crippen molar-refractivity contribution in [3.63, 3.8) is 0 Å². The van der Waals surface area contributed by atoms with E-state index in [0.717, 1.165) is 0 Å². The van der Waals surface area contributed by atoms with Crippen LogP contribution in [0.3, 0.4) is 0 Å². The van der Waals surface area contributed by atoms with E-state index < -0.39 is 22.9 Å². The normalized spacial score (nSPS) is 11.3. The van der Waals surface area contributed by atoms with Gasteiger partial charge in [0.1, 0.15) is 0 Å². The molecule has 26 heavy (non-hydrogen) atoms. The molecule has 0 aliphatic carbocycles. The van der Waals surface area contributed by atoms with Crippen molar-refractivity contribution in [2.45, 2.75) is 20.0 Å². The van der Waals surface area contributed by atoms with Gasteiger partial charge >= 0.3 is 5.97 Å². The summed E-state index contributed by atoms with van der Waals surface area (Å²) in [6, 6.07) is 11.2. The number of nitro groups is 1. The Bertz CT molecular complexity index is 860. The molecule has 2 aromatic rings. The molecule has 0 heterocycles. The molecule has 0 saturated carbocycles. The van der Waals surface area contributed by atoms with Crippen LogP contribution in [0.1, 0.15) is 34.6 Å². The molecule has 1 amide bonds. The summed E-state index contributed by atoms with van der Waals surface area (Å²) in [5.74, 6) is -1.49. The van der Waals surface area contributed by atoms with E-state index in [-0.39, 0.29) is 17.0 Å². The molecule has 134 valence electrons. The summed E-state index contributed by atoms with van der Waals surface area (Å²) in [5, 5.41) is 13.2. The number of benzene rings is 2. The highest BCUT2D eigenvalue weighted by Crippen LogP contribution is 2.15. The Hall–Kier alpha value is -3.55. The van der Waals surface area contributed by atoms with Crippen molar-refractivity contribution in [3.05, 3.63) is 69.8 Å². The lowest BCUT2D eigenvalue weighted by Gasteiger charge is -2.14. The Balaban J connectivity index is 1.99. The largest absolute Gasteiger partial charge is 0.449 e. The molecule has 0 saturated heterocycles. The first-order valence-corrected chi connectivity index (χ1v) is 7.65. The minimum atomic E-state index is -1.10. The number of hydrogen-bond donors (Lipinski definition) is 1. The van der Waals surface area contributed by atoms with Crippen LogP contribution in [0.5, 0.6) is 0 Å². The van der Waals surface area contributed by atoms with E-state index >= 15 is 0 Å². The van der Waals surface area contributed by atoms with E-state index in [9.17, 15) is 24.5 Å². The van der Waals surface area contributed by atoms with Crippen LogP contribution in [0.25, 0.3) is 0 Å². The number of nitro benzene ring substituents is 1. The number of carbonyl (C=O) groups excluding carboxylic acids is 3. The fourth-order valence-corrected chi connectivity index (χ4v) is 2.06. The number of ketones is 1. The lowest BCUT2D eigenvalue weighted by molar-refractivity contribution is -0.384. The van der Waals surface area contributed by atoms with E-state index in [2.05, 4.69) is 5.32 Å². The van der Waals surface area contributed by atoms with Gasteiger partial charge in [-0.05, 0) is 38.1 Å². The predicted octanol–water partition coefficient (Wildman–Crippen LogP) is 2.98. The van der Waals surface area contributed by atoms with Gasteiger partial charge in [-0.25, -0.2) is 4.79 Å². The van der Waals surface area contributed by atoms with Crippen molar-refractivity contribution in [1.82, 2.24) is 0 Å². The third-order valence-electron chi connectivity index (χ3n) is 3.50. The van der Waals surface area contributed by atoms with Crippen molar-refractivity contribution in [1.29, 1.82) is 0 Å². The zero-order valence-electron chi connectivity index (χ0n) is 14.1. The van der Waals surface area contributed by atoms with Gasteiger partial charge in [0.2, 0.25) is 0 Å². The zero-order valence-corrected chi connectivity index (χ0v) is 14.1. The number of nitrogens with one attached hydrogen (secondary N) is 1. The predicted molar refractivity (Wildman–Crippen MR) is 93.1 cm³/mol. The maximum Gasteiger partial charge on any atom is 0.338 e. The molecule has 0 radical (unpaired) electrons. The maximum absolute atomic E-state index is 12.1. The van der Waals surface area contributed by atoms with Crippen LogP contribution >= 0.6 is 0 Å². The Morgan fingerprint density at radius 1 is 1.08 bits per heavy atom. The monoisotopic (exact) mass is 356 g/mol. The van der Waals surface area contributed by atoms with Gasteiger partial charge in [0.25, 0.3) is 11.6 Å². The van der Waals surface area contributed by atoms with E-state index in [1.165, 1.54) is 44.2 Å². The van der Waals surface area contributed by atoms with E-state index in [0.29, 0.717) is 11.3 Å². The summed E-state index contributed by atoms with van der Waals surface area (Å²) >= 11 is 0. The molecular formula is C18H16N2O6. The summed E-state index contributed by atoms with van der Waals surface area (Å²) in [6.45, 7) is 2.81. The molecule has 1 atom stereocenters. The molecule has 8 nitrogen and oxygen atoms in total. The summed E-state index contributed by atoms with van der Waals surface area (Å²) in [6.07, 6.45) is -1.10. The Kier molecular flexibility index (Phi) is 5.79. The fourth-order valence-electron chi connectivity index (χ4n) is 2.06. The van der Waals surface area contributed by atoms with Crippen molar-refractivity contribution in [2.24, 2.45) is 0 Å². The quantitative estimate of drug-likeness (QED) is 0.368. The molecule has 1 N–H and O–H groups in total. The van der Waals surface area contributed by atoms with Crippen molar-refractivity contribution < 1.29 is 24.0 Å². The van der Waals surface area contributed by atoms with Crippen LogP contribution in [0.4, 0.5) is 11.4 Å². The zero-order chi connectivity index (χ0) is 19.3. The molecule has 2 aromatic carbocycles. The number of nitrogens with zero attached hydrogens (tertiary/aromatic N) is 1. The first kappa shape index (κ1) is 18.8. The molecule has 2 rings (SSSR count). The molecule has 0 aliphatic rings. The minimum absolute atomic E-state index is 0.0915. The topological polar surface area (TPSA) is 116 Å². The second kappa shape index (κ2) is 8.02. The van der Waals surface area contributed by atoms with E-state index in [1.54, 1.807) is 18.2 Å². The number of hydrogen-bond acceptors (Lipinski definition) is 6. The number of amides is 1. The Morgan fingerprint density at radius 2 is 1.73 bits per heavy atom. The highest BCUT2D eigenvalue weighted by molar-refractivity contribution is 5.99. The number of carbonyl (C=O) groups is 3. The van der Waals surface area contributed by atoms with Gasteiger partial charge in [0.05, 0.1) is 10.5 Å². The molecule has 0 aromatic heterocycles. The number of non-ortho nitro benzene ring substituents is 1. The Morgan fingerprint density at radius 3 is 2.31 bits per heavy atom. The smallest absolute Gasteiger partial charge is 0.338 e. The van der Waals surface area contributed by atoms with Gasteiger partial charge < -0.3 is 10.1 Å². The summed E-state index contributed by atoms with van der Waals surface area (Å²) in [4.78, 5) is 45.5. The molecule has 8 heteroatoms. The second-order valence-corrected chi connectivity index (χ2v) is 5.48. The van der Waals surface area contributed by atoms with Crippen molar-refractivity contribution in [3.8, 4) is 0 Å². The molecule has 0 bridgehead atoms. The van der Waals surface area contributed by atoms with Crippen LogP contribution in [0.2, 0.25) is 0 Å². The first-order valence-electron chi connectivity index (χ1n) is 7.65. The van der Waals surface area contributed by atoms with Gasteiger partial charge in [-0.3, -0.25) is 19.7 Å². The Labute approximate surface area is 148 Å². The third kappa shape index (κ3) is 4.73. The molecular weight excluding hydrogens is 340 g/mol. The van der Waals surface area contributed by atoms with Crippen LogP contribution in [0, 0.1) is 10.1 Å². The number of Topliss-reactive ketones (excluding diaryl/α,β-unsaturated/α-hetero) is 1. The highest BCUT2D eigenvalue weighted by atomic mass is 16.6. The second-order valence-electron chi connectivity index (χ2n) is 5.48. The van der Waals surface area contributed by atoms with Gasteiger partial charge in [0.15, 0.2) is 11.9 Å². The summed E-state index contributed by atoms with van der Waals surface area (Å²) in [5.41, 5.74) is 0.783. The van der Waals surface area contributed by atoms with E-state index in [4.69, 9.17) is 4.74 Å². The fraction of sp³-hybridized carbons (Fsp3) is 0.167. The van der Waals surface area contributed by atoms with Gasteiger partial charge in [-0.1, -0.05) is 12.1 Å². The maximum atomic E-state index is 12.1. The number of rotatable bonds is 6. The van der Waals surface area contributed by atoms with E-state index in [1.807, 2.05) is 0 Å². The lowest BCUT2D eigenvalue weighted by atomic mass is 10.1. The lowest BCUT2D eigenvalue weighted by Crippen LogP contribution is -2.30. The van der Waals surface area contributed by atoms with Crippen LogP contribution < -0.4 is 5.32 Å². The van der Waals surface area contributed by atoms with Gasteiger partial charge in [-0.2, -0.15) is 0 Å². The van der Waals surface area contributed by atoms with Gasteiger partial charge in [0, 0.05) is 23.4 Å². The highest BCUT2D eigenvalue weighted by Gasteiger charge is 2.20. The average molecular weight is 356 g/mol. The summed E-state index contributed by atoms with van der Waals surface area (Å²) in [7, 11) is 0. The molecule has 0 aliphatic heterocycles. The number of ether oxygens (including phenoxy) is 1. The van der Waals surface area contributed by atoms with Crippen molar-refractivity contribution >= 4 is 29.0 Å². The number of esters is 1. The van der Waals surface area contributed by atoms with Crippen LogP contribution in [0.15, 0.2) is 48.5 Å². The van der Waals surface area contributed by atoms with Crippen LogP contribution in [-0.4, -0.2) is 28.7 Å². The summed E-state index contributed by atoms with van der Waals surface area (Å²) < 4.78 is 5.06. The molecule has 0 spiro atoms. The van der Waals surface area contributed by atoms with Crippen molar-refractivity contribution in [2.75, 3.05) is 5.32 Å². The average Bonchev–Trinajstić information content (AvgIpc) is 2.61. The van der Waals surface area contributed by atoms with Gasteiger partial charge in [-0.15, -0.1) is 0 Å².